The zero-order chi connectivity index (χ0) is 25.9. The summed E-state index contributed by atoms with van der Waals surface area (Å²) in [6, 6.07) is 0. The monoisotopic (exact) mass is 498 g/mol. The lowest BCUT2D eigenvalue weighted by atomic mass is 9.85. The Morgan fingerprint density at radius 2 is 1.44 bits per heavy atom. The molecule has 8 heteroatoms. The fourth-order valence-corrected chi connectivity index (χ4v) is 5.60. The summed E-state index contributed by atoms with van der Waals surface area (Å²) in [5, 5.41) is 0.0123. The van der Waals surface area contributed by atoms with E-state index in [9.17, 15) is 19.2 Å². The van der Waals surface area contributed by atoms with Crippen LogP contribution in [0.15, 0.2) is 0 Å². The lowest BCUT2D eigenvalue weighted by Gasteiger charge is -2.40. The molecule has 0 aromatic carbocycles. The van der Waals surface area contributed by atoms with Crippen LogP contribution in [-0.2, 0) is 33.1 Å². The summed E-state index contributed by atoms with van der Waals surface area (Å²) < 4.78 is 16.6. The van der Waals surface area contributed by atoms with Crippen LogP contribution >= 0.6 is 0 Å². The Kier molecular flexibility index (Phi) is 12.7. The summed E-state index contributed by atoms with van der Waals surface area (Å²) in [5.74, 6) is -0.608. The van der Waals surface area contributed by atoms with E-state index in [0.29, 0.717) is 64.6 Å². The topological polar surface area (TPSA) is 96.0 Å². The maximum absolute atomic E-state index is 12.9. The van der Waals surface area contributed by atoms with Gasteiger partial charge in [0.1, 0.15) is 11.6 Å². The van der Waals surface area contributed by atoms with Gasteiger partial charge in [-0.3, -0.25) is 19.2 Å². The summed E-state index contributed by atoms with van der Waals surface area (Å²) in [4.78, 5) is 48.8. The largest absolute Gasteiger partial charge is 0.466 e. The van der Waals surface area contributed by atoms with E-state index in [1.165, 1.54) is 0 Å². The van der Waals surface area contributed by atoms with Crippen molar-refractivity contribution in [2.75, 3.05) is 13.2 Å². The third-order valence-electron chi connectivity index (χ3n) is 7.18. The van der Waals surface area contributed by atoms with Crippen molar-refractivity contribution in [1.82, 2.24) is 0 Å². The van der Waals surface area contributed by atoms with Gasteiger partial charge >= 0.3 is 11.9 Å². The number of Topliss-reactive ketones (excluding diaryl/α,β-unsaturated/α-hetero) is 2. The standard InChI is InChI=1S/C26H46O7Si/c1-8-31-24(29)13-11-10-12-19(27)14-15-21-20(16-17-25(30)32-9-2)22(28)18-23(21)33-34(6,7)26(3,4)5/h20-21,23H,8-18H2,1-7H3/t20-,21+,23+/m0/s1. The van der Waals surface area contributed by atoms with Crippen LogP contribution in [0.25, 0.3) is 0 Å². The Bertz CT molecular complexity index is 696. The number of rotatable bonds is 15. The first-order valence-electron chi connectivity index (χ1n) is 12.9. The molecule has 0 bridgehead atoms. The Labute approximate surface area is 206 Å². The molecular formula is C26H46O7Si. The van der Waals surface area contributed by atoms with Crippen LogP contribution in [0.1, 0.15) is 92.4 Å². The van der Waals surface area contributed by atoms with Crippen LogP contribution in [-0.4, -0.2) is 51.1 Å². The van der Waals surface area contributed by atoms with E-state index < -0.39 is 8.32 Å². The van der Waals surface area contributed by atoms with Gasteiger partial charge in [-0.1, -0.05) is 20.8 Å². The van der Waals surface area contributed by atoms with Crippen molar-refractivity contribution < 1.29 is 33.1 Å². The normalized spacial score (nSPS) is 20.9. The minimum Gasteiger partial charge on any atom is -0.466 e. The molecule has 0 radical (unpaired) electrons. The molecule has 1 fully saturated rings. The molecule has 0 aliphatic heterocycles. The summed E-state index contributed by atoms with van der Waals surface area (Å²) in [5.41, 5.74) is 0. The number of esters is 2. The first-order valence-corrected chi connectivity index (χ1v) is 15.8. The second kappa shape index (κ2) is 14.1. The molecule has 0 aromatic heterocycles. The molecule has 0 amide bonds. The molecule has 3 atom stereocenters. The number of unbranched alkanes of at least 4 members (excludes halogenated alkanes) is 1. The minimum absolute atomic E-state index is 0.0123. The Morgan fingerprint density at radius 3 is 2.00 bits per heavy atom. The number of ketones is 2. The highest BCUT2D eigenvalue weighted by Gasteiger charge is 2.47. The van der Waals surface area contributed by atoms with E-state index in [2.05, 4.69) is 33.9 Å². The van der Waals surface area contributed by atoms with Crippen molar-refractivity contribution in [3.63, 3.8) is 0 Å². The predicted octanol–water partition coefficient (Wildman–Crippen LogP) is 5.40. The van der Waals surface area contributed by atoms with Crippen LogP contribution < -0.4 is 0 Å². The molecule has 7 nitrogen and oxygen atoms in total. The average molecular weight is 499 g/mol. The number of hydrogen-bond donors (Lipinski definition) is 0. The van der Waals surface area contributed by atoms with Gasteiger partial charge in [-0.2, -0.15) is 0 Å². The predicted molar refractivity (Wildman–Crippen MR) is 134 cm³/mol. The molecule has 0 aromatic rings. The minimum atomic E-state index is -2.10. The van der Waals surface area contributed by atoms with Crippen molar-refractivity contribution in [3.05, 3.63) is 0 Å². The number of hydrogen-bond acceptors (Lipinski definition) is 7. The van der Waals surface area contributed by atoms with Gasteiger partial charge in [0.25, 0.3) is 0 Å². The fourth-order valence-electron chi connectivity index (χ4n) is 4.23. The van der Waals surface area contributed by atoms with E-state index in [1.54, 1.807) is 13.8 Å². The quantitative estimate of drug-likeness (QED) is 0.169. The Hall–Kier alpha value is -1.54. The number of carbonyl (C=O) groups excluding carboxylic acids is 4. The summed E-state index contributed by atoms with van der Waals surface area (Å²) >= 11 is 0. The molecule has 34 heavy (non-hydrogen) atoms. The molecule has 196 valence electrons. The summed E-state index contributed by atoms with van der Waals surface area (Å²) in [6.07, 6.45) is 3.76. The van der Waals surface area contributed by atoms with E-state index in [0.717, 1.165) is 0 Å². The molecule has 0 saturated heterocycles. The van der Waals surface area contributed by atoms with E-state index in [4.69, 9.17) is 13.9 Å². The fraction of sp³-hybridized carbons (Fsp3) is 0.846. The first kappa shape index (κ1) is 30.5. The maximum atomic E-state index is 12.9. The highest BCUT2D eigenvalue weighted by atomic mass is 28.4. The van der Waals surface area contributed by atoms with Crippen LogP contribution in [0.5, 0.6) is 0 Å². The number of carbonyl (C=O) groups is 4. The van der Waals surface area contributed by atoms with Gasteiger partial charge in [-0.15, -0.1) is 0 Å². The van der Waals surface area contributed by atoms with Gasteiger partial charge in [0.2, 0.25) is 0 Å². The average Bonchev–Trinajstić information content (AvgIpc) is 3.01. The zero-order valence-electron chi connectivity index (χ0n) is 22.4. The van der Waals surface area contributed by atoms with Crippen molar-refractivity contribution >= 4 is 31.8 Å². The molecular weight excluding hydrogens is 452 g/mol. The zero-order valence-corrected chi connectivity index (χ0v) is 23.4. The second-order valence-electron chi connectivity index (χ2n) is 10.8. The molecule has 0 heterocycles. The SMILES string of the molecule is CCOC(=O)CCCCC(=O)CC[C@@H]1[C@H](CCC(=O)OCC)C(=O)C[C@H]1O[Si](C)(C)C(C)(C)C. The van der Waals surface area contributed by atoms with Gasteiger partial charge in [-0.25, -0.2) is 0 Å². The van der Waals surface area contributed by atoms with Gasteiger partial charge in [0, 0.05) is 38.0 Å². The van der Waals surface area contributed by atoms with Gasteiger partial charge < -0.3 is 13.9 Å². The van der Waals surface area contributed by atoms with Crippen molar-refractivity contribution in [2.45, 2.75) is 117 Å². The van der Waals surface area contributed by atoms with E-state index in [-0.39, 0.29) is 52.9 Å². The second-order valence-corrected chi connectivity index (χ2v) is 15.5. The molecule has 0 spiro atoms. The van der Waals surface area contributed by atoms with Gasteiger partial charge in [-0.05, 0) is 63.6 Å². The van der Waals surface area contributed by atoms with Crippen molar-refractivity contribution in [3.8, 4) is 0 Å². The van der Waals surface area contributed by atoms with Crippen molar-refractivity contribution in [2.24, 2.45) is 11.8 Å². The summed E-state index contributed by atoms with van der Waals surface area (Å²) in [6.45, 7) is 15.1. The Morgan fingerprint density at radius 1 is 0.882 bits per heavy atom. The van der Waals surface area contributed by atoms with E-state index in [1.807, 2.05) is 0 Å². The molecule has 0 N–H and O–H groups in total. The highest BCUT2D eigenvalue weighted by Crippen LogP contribution is 2.44. The van der Waals surface area contributed by atoms with Gasteiger partial charge in [0.05, 0.1) is 19.3 Å². The van der Waals surface area contributed by atoms with Crippen LogP contribution in [0.2, 0.25) is 18.1 Å². The smallest absolute Gasteiger partial charge is 0.305 e. The van der Waals surface area contributed by atoms with Gasteiger partial charge in [0.15, 0.2) is 8.32 Å². The lowest BCUT2D eigenvalue weighted by Crippen LogP contribution is -2.45. The molecule has 1 aliphatic carbocycles. The van der Waals surface area contributed by atoms with Crippen LogP contribution in [0, 0.1) is 11.8 Å². The van der Waals surface area contributed by atoms with Crippen LogP contribution in [0.4, 0.5) is 0 Å². The Balaban J connectivity index is 2.77. The van der Waals surface area contributed by atoms with E-state index >= 15 is 0 Å². The molecule has 1 rings (SSSR count). The third kappa shape index (κ3) is 9.98. The third-order valence-corrected chi connectivity index (χ3v) is 11.7. The van der Waals surface area contributed by atoms with Crippen molar-refractivity contribution in [1.29, 1.82) is 0 Å². The molecule has 1 saturated carbocycles. The lowest BCUT2D eigenvalue weighted by molar-refractivity contribution is -0.144. The highest BCUT2D eigenvalue weighted by molar-refractivity contribution is 6.74. The molecule has 0 unspecified atom stereocenters. The van der Waals surface area contributed by atoms with Crippen LogP contribution in [0.3, 0.4) is 0 Å². The first-order chi connectivity index (χ1) is 15.8. The summed E-state index contributed by atoms with van der Waals surface area (Å²) in [7, 11) is -2.10. The number of ether oxygens (including phenoxy) is 2. The molecule has 1 aliphatic rings. The maximum Gasteiger partial charge on any atom is 0.305 e.